The van der Waals surface area contributed by atoms with E-state index >= 15 is 0 Å². The van der Waals surface area contributed by atoms with E-state index in [1.165, 1.54) is 4.90 Å². The van der Waals surface area contributed by atoms with Crippen LogP contribution in [0, 0.1) is 6.92 Å². The second-order valence-corrected chi connectivity index (χ2v) is 9.17. The van der Waals surface area contributed by atoms with E-state index in [9.17, 15) is 19.8 Å². The summed E-state index contributed by atoms with van der Waals surface area (Å²) in [5, 5.41) is 20.0. The van der Waals surface area contributed by atoms with Gasteiger partial charge in [-0.1, -0.05) is 72.8 Å². The third kappa shape index (κ3) is 4.47. The minimum Gasteiger partial charge on any atom is -0.508 e. The number of hydrogen-bond donors (Lipinski definition) is 2. The van der Waals surface area contributed by atoms with E-state index in [2.05, 4.69) is 4.98 Å². The van der Waals surface area contributed by atoms with E-state index in [1.54, 1.807) is 12.4 Å². The largest absolute Gasteiger partial charge is 0.508 e. The first-order valence-electron chi connectivity index (χ1n) is 11.9. The zero-order valence-electron chi connectivity index (χ0n) is 19.9. The number of carboxylic acid groups (broad SMARTS) is 1. The number of fused-ring (bicyclic) bond motifs is 1. The molecule has 1 atom stereocenters. The lowest BCUT2D eigenvalue weighted by molar-refractivity contribution is -0.151. The molecule has 1 aliphatic rings. The first-order chi connectivity index (χ1) is 17.4. The van der Waals surface area contributed by atoms with E-state index in [-0.39, 0.29) is 24.6 Å². The van der Waals surface area contributed by atoms with Gasteiger partial charge in [-0.3, -0.25) is 4.79 Å². The van der Waals surface area contributed by atoms with Crippen molar-refractivity contribution in [3.05, 3.63) is 119 Å². The lowest BCUT2D eigenvalue weighted by Gasteiger charge is -2.35. The Bertz CT molecular complexity index is 1360. The molecule has 4 aromatic rings. The van der Waals surface area contributed by atoms with Crippen LogP contribution in [0.5, 0.6) is 5.75 Å². The van der Waals surface area contributed by atoms with Crippen molar-refractivity contribution in [1.82, 2.24) is 14.5 Å². The summed E-state index contributed by atoms with van der Waals surface area (Å²) in [6.07, 6.45) is 1.87. The molecule has 2 heterocycles. The molecule has 0 bridgehead atoms. The molecule has 2 N–H and O–H groups in total. The van der Waals surface area contributed by atoms with Crippen LogP contribution in [0.15, 0.2) is 85.2 Å². The summed E-state index contributed by atoms with van der Waals surface area (Å²) in [5.74, 6) is -1.67. The Kier molecular flexibility index (Phi) is 6.29. The van der Waals surface area contributed by atoms with Crippen LogP contribution in [0.4, 0.5) is 0 Å². The predicted molar refractivity (Wildman–Crippen MR) is 135 cm³/mol. The summed E-state index contributed by atoms with van der Waals surface area (Å²) < 4.78 is 1.94. The summed E-state index contributed by atoms with van der Waals surface area (Å²) >= 11 is 0. The number of imidazole rings is 1. The van der Waals surface area contributed by atoms with Gasteiger partial charge in [-0.15, -0.1) is 0 Å². The predicted octanol–water partition coefficient (Wildman–Crippen LogP) is 4.12. The summed E-state index contributed by atoms with van der Waals surface area (Å²) in [7, 11) is 0. The van der Waals surface area contributed by atoms with E-state index in [1.807, 2.05) is 84.3 Å². The van der Waals surface area contributed by atoms with E-state index in [0.717, 1.165) is 27.9 Å². The molecular formula is C29H27N3O4. The standard InChI is InChI=1S/C29H27N3O4/c1-19-14-20(12-13-26(19)33)16-31-18-30-23-17-32(25(29(35)36)15-24(23)31)28(34)27(21-8-4-2-5-9-21)22-10-6-3-7-11-22/h2-14,18,25,27,33H,15-17H2,1H3,(H,35,36)/t25-/m0/s1. The number of aliphatic carboxylic acids is 1. The molecule has 0 saturated carbocycles. The van der Waals surface area contributed by atoms with Crippen LogP contribution in [-0.4, -0.2) is 42.6 Å². The Balaban J connectivity index is 1.48. The van der Waals surface area contributed by atoms with Crippen molar-refractivity contribution < 1.29 is 19.8 Å². The molecule has 0 saturated heterocycles. The van der Waals surface area contributed by atoms with Gasteiger partial charge in [0.2, 0.25) is 5.91 Å². The molecule has 7 heteroatoms. The second kappa shape index (κ2) is 9.70. The molecule has 0 aliphatic carbocycles. The highest BCUT2D eigenvalue weighted by Crippen LogP contribution is 2.32. The molecule has 0 spiro atoms. The molecular weight excluding hydrogens is 454 g/mol. The number of nitrogens with zero attached hydrogens (tertiary/aromatic N) is 3. The van der Waals surface area contributed by atoms with Crippen molar-refractivity contribution >= 4 is 11.9 Å². The zero-order valence-corrected chi connectivity index (χ0v) is 19.9. The number of phenols is 1. The number of amides is 1. The Hall–Kier alpha value is -4.39. The smallest absolute Gasteiger partial charge is 0.326 e. The van der Waals surface area contributed by atoms with Crippen molar-refractivity contribution in [3.8, 4) is 5.75 Å². The first kappa shape index (κ1) is 23.4. The fourth-order valence-corrected chi connectivity index (χ4v) is 4.92. The normalized spacial score (nSPS) is 15.1. The fraction of sp³-hybridized carbons (Fsp3) is 0.207. The van der Waals surface area contributed by atoms with Crippen LogP contribution < -0.4 is 0 Å². The summed E-state index contributed by atoms with van der Waals surface area (Å²) in [5.41, 5.74) is 4.90. The first-order valence-corrected chi connectivity index (χ1v) is 11.9. The van der Waals surface area contributed by atoms with Crippen LogP contribution in [0.25, 0.3) is 0 Å². The third-order valence-electron chi connectivity index (χ3n) is 6.81. The molecule has 7 nitrogen and oxygen atoms in total. The number of carbonyl (C=O) groups excluding carboxylic acids is 1. The molecule has 0 fully saturated rings. The highest BCUT2D eigenvalue weighted by molar-refractivity contribution is 5.91. The number of carboxylic acids is 1. The molecule has 0 radical (unpaired) electrons. The van der Waals surface area contributed by atoms with Crippen molar-refractivity contribution in [3.63, 3.8) is 0 Å². The van der Waals surface area contributed by atoms with Gasteiger partial charge in [0.15, 0.2) is 0 Å². The van der Waals surface area contributed by atoms with Gasteiger partial charge in [0.25, 0.3) is 0 Å². The fourth-order valence-electron chi connectivity index (χ4n) is 4.92. The van der Waals surface area contributed by atoms with Gasteiger partial charge >= 0.3 is 5.97 Å². The zero-order chi connectivity index (χ0) is 25.2. The molecule has 1 amide bonds. The molecule has 36 heavy (non-hydrogen) atoms. The maximum atomic E-state index is 14.0. The van der Waals surface area contributed by atoms with Crippen molar-refractivity contribution in [2.45, 2.75) is 38.4 Å². The minimum atomic E-state index is -1.04. The Morgan fingerprint density at radius 1 is 1.00 bits per heavy atom. The second-order valence-electron chi connectivity index (χ2n) is 9.17. The number of aromatic nitrogens is 2. The molecule has 0 unspecified atom stereocenters. The van der Waals surface area contributed by atoms with Gasteiger partial charge in [-0.05, 0) is 35.2 Å². The van der Waals surface area contributed by atoms with Crippen molar-refractivity contribution in [1.29, 1.82) is 0 Å². The molecule has 5 rings (SSSR count). The van der Waals surface area contributed by atoms with Crippen molar-refractivity contribution in [2.75, 3.05) is 0 Å². The lowest BCUT2D eigenvalue weighted by atomic mass is 9.88. The van der Waals surface area contributed by atoms with Crippen LogP contribution in [0.1, 0.15) is 39.6 Å². The number of benzene rings is 3. The minimum absolute atomic E-state index is 0.128. The number of hydrogen-bond acceptors (Lipinski definition) is 4. The Morgan fingerprint density at radius 2 is 1.64 bits per heavy atom. The van der Waals surface area contributed by atoms with Crippen LogP contribution in [0.2, 0.25) is 0 Å². The van der Waals surface area contributed by atoms with Gasteiger partial charge in [0.1, 0.15) is 11.8 Å². The third-order valence-corrected chi connectivity index (χ3v) is 6.81. The Morgan fingerprint density at radius 3 is 2.22 bits per heavy atom. The SMILES string of the molecule is Cc1cc(Cn2cnc3c2C[C@@H](C(=O)O)N(C(=O)C(c2ccccc2)c2ccccc2)C3)ccc1O. The molecule has 182 valence electrons. The summed E-state index contributed by atoms with van der Waals surface area (Å²) in [4.78, 5) is 32.4. The Labute approximate surface area is 209 Å². The average Bonchev–Trinajstić information content (AvgIpc) is 3.28. The molecule has 3 aromatic carbocycles. The van der Waals surface area contributed by atoms with Crippen molar-refractivity contribution in [2.24, 2.45) is 0 Å². The van der Waals surface area contributed by atoms with Gasteiger partial charge in [0, 0.05) is 18.7 Å². The monoisotopic (exact) mass is 481 g/mol. The van der Waals surface area contributed by atoms with E-state index in [0.29, 0.717) is 12.2 Å². The number of aryl methyl sites for hydroxylation is 1. The van der Waals surface area contributed by atoms with E-state index in [4.69, 9.17) is 0 Å². The number of rotatable bonds is 6. The van der Waals surface area contributed by atoms with Gasteiger partial charge in [-0.2, -0.15) is 0 Å². The average molecular weight is 482 g/mol. The molecule has 1 aromatic heterocycles. The quantitative estimate of drug-likeness (QED) is 0.432. The topological polar surface area (TPSA) is 95.7 Å². The molecule has 1 aliphatic heterocycles. The van der Waals surface area contributed by atoms with E-state index < -0.39 is 17.9 Å². The van der Waals surface area contributed by atoms with Gasteiger partial charge in [-0.25, -0.2) is 9.78 Å². The number of carbonyl (C=O) groups is 2. The van der Waals surface area contributed by atoms with Crippen LogP contribution in [-0.2, 0) is 29.1 Å². The van der Waals surface area contributed by atoms with Gasteiger partial charge in [0.05, 0.1) is 24.5 Å². The summed E-state index contributed by atoms with van der Waals surface area (Å²) in [6, 6.07) is 23.3. The maximum absolute atomic E-state index is 14.0. The highest BCUT2D eigenvalue weighted by Gasteiger charge is 2.40. The van der Waals surface area contributed by atoms with Crippen LogP contribution >= 0.6 is 0 Å². The van der Waals surface area contributed by atoms with Crippen LogP contribution in [0.3, 0.4) is 0 Å². The summed E-state index contributed by atoms with van der Waals surface area (Å²) in [6.45, 7) is 2.46. The van der Waals surface area contributed by atoms with Gasteiger partial charge < -0.3 is 19.7 Å². The maximum Gasteiger partial charge on any atom is 0.326 e. The number of aromatic hydroxyl groups is 1. The number of phenolic OH excluding ortho intramolecular Hbond substituents is 1. The highest BCUT2D eigenvalue weighted by atomic mass is 16.4. The lowest BCUT2D eigenvalue weighted by Crippen LogP contribution is -2.50.